The van der Waals surface area contributed by atoms with E-state index in [9.17, 15) is 4.79 Å². The van der Waals surface area contributed by atoms with Gasteiger partial charge in [0.2, 0.25) is 0 Å². The lowest BCUT2D eigenvalue weighted by Gasteiger charge is -2.05. The Hall–Kier alpha value is -2.36. The average molecular weight is 254 g/mol. The first-order valence-electron chi connectivity index (χ1n) is 6.30. The van der Waals surface area contributed by atoms with E-state index >= 15 is 0 Å². The van der Waals surface area contributed by atoms with Crippen molar-refractivity contribution in [3.05, 3.63) is 53.9 Å². The van der Waals surface area contributed by atoms with Crippen LogP contribution in [0.3, 0.4) is 0 Å². The third-order valence-electron chi connectivity index (χ3n) is 3.19. The molecule has 1 aromatic carbocycles. The van der Waals surface area contributed by atoms with Crippen molar-refractivity contribution in [2.75, 3.05) is 0 Å². The Balaban J connectivity index is 1.96. The second-order valence-electron chi connectivity index (χ2n) is 4.69. The summed E-state index contributed by atoms with van der Waals surface area (Å²) in [5, 5.41) is 13.3. The molecule has 0 saturated heterocycles. The van der Waals surface area contributed by atoms with Gasteiger partial charge in [-0.25, -0.2) is 9.48 Å². The van der Waals surface area contributed by atoms with Gasteiger partial charge in [-0.2, -0.15) is 5.10 Å². The molecule has 0 aliphatic heterocycles. The van der Waals surface area contributed by atoms with Gasteiger partial charge in [0.15, 0.2) is 0 Å². The molecule has 19 heavy (non-hydrogen) atoms. The van der Waals surface area contributed by atoms with Crippen molar-refractivity contribution in [3.63, 3.8) is 0 Å². The summed E-state index contributed by atoms with van der Waals surface area (Å²) in [5.41, 5.74) is 2.86. The van der Waals surface area contributed by atoms with Crippen molar-refractivity contribution in [2.24, 2.45) is 0 Å². The predicted octanol–water partition coefficient (Wildman–Crippen LogP) is 2.85. The van der Waals surface area contributed by atoms with E-state index in [0.29, 0.717) is 5.92 Å². The minimum Gasteiger partial charge on any atom is -0.478 e. The topological polar surface area (TPSA) is 55.1 Å². The molecule has 0 amide bonds. The first kappa shape index (κ1) is 11.7. The highest BCUT2D eigenvalue weighted by molar-refractivity contribution is 5.86. The SMILES string of the molecule is O=C(O)C=Cc1ccccc1-n1ccc(C2CC2)n1. The largest absolute Gasteiger partial charge is 0.478 e. The number of hydrogen-bond acceptors (Lipinski definition) is 2. The average Bonchev–Trinajstić information content (AvgIpc) is 3.15. The van der Waals surface area contributed by atoms with E-state index in [0.717, 1.165) is 23.0 Å². The zero-order valence-corrected chi connectivity index (χ0v) is 10.4. The third-order valence-corrected chi connectivity index (χ3v) is 3.19. The standard InChI is InChI=1S/C15H14N2O2/c18-15(19)8-7-12-3-1-2-4-14(12)17-10-9-13(16-17)11-5-6-11/h1-4,7-11H,5-6H2,(H,18,19). The number of nitrogens with zero attached hydrogens (tertiary/aromatic N) is 2. The van der Waals surface area contributed by atoms with Gasteiger partial charge in [-0.3, -0.25) is 0 Å². The molecule has 1 heterocycles. The summed E-state index contributed by atoms with van der Waals surface area (Å²) in [6, 6.07) is 9.66. The summed E-state index contributed by atoms with van der Waals surface area (Å²) in [7, 11) is 0. The Morgan fingerprint density at radius 3 is 2.84 bits per heavy atom. The number of para-hydroxylation sites is 1. The molecular formula is C15H14N2O2. The van der Waals surface area contributed by atoms with Crippen molar-refractivity contribution in [3.8, 4) is 5.69 Å². The smallest absolute Gasteiger partial charge is 0.328 e. The molecule has 0 unspecified atom stereocenters. The quantitative estimate of drug-likeness (QED) is 0.853. The van der Waals surface area contributed by atoms with Crippen LogP contribution in [-0.2, 0) is 4.79 Å². The number of carboxylic acid groups (broad SMARTS) is 1. The highest BCUT2D eigenvalue weighted by Crippen LogP contribution is 2.39. The highest BCUT2D eigenvalue weighted by atomic mass is 16.4. The zero-order valence-electron chi connectivity index (χ0n) is 10.4. The van der Waals surface area contributed by atoms with E-state index in [1.165, 1.54) is 12.8 Å². The molecule has 4 heteroatoms. The molecule has 0 radical (unpaired) electrons. The Labute approximate surface area is 111 Å². The number of rotatable bonds is 4. The van der Waals surface area contributed by atoms with Gasteiger partial charge in [0.05, 0.1) is 11.4 Å². The summed E-state index contributed by atoms with van der Waals surface area (Å²) in [6.45, 7) is 0. The van der Waals surface area contributed by atoms with Crippen molar-refractivity contribution in [1.82, 2.24) is 9.78 Å². The fourth-order valence-corrected chi connectivity index (χ4v) is 2.07. The number of hydrogen-bond donors (Lipinski definition) is 1. The van der Waals surface area contributed by atoms with Crippen molar-refractivity contribution < 1.29 is 9.90 Å². The first-order chi connectivity index (χ1) is 9.24. The van der Waals surface area contributed by atoms with Crippen LogP contribution >= 0.6 is 0 Å². The lowest BCUT2D eigenvalue weighted by molar-refractivity contribution is -0.131. The monoisotopic (exact) mass is 254 g/mol. The third kappa shape index (κ3) is 2.57. The van der Waals surface area contributed by atoms with Crippen LogP contribution in [-0.4, -0.2) is 20.9 Å². The van der Waals surface area contributed by atoms with Crippen LogP contribution in [0.25, 0.3) is 11.8 Å². The second-order valence-corrected chi connectivity index (χ2v) is 4.69. The fourth-order valence-electron chi connectivity index (χ4n) is 2.07. The molecule has 0 spiro atoms. The van der Waals surface area contributed by atoms with Crippen molar-refractivity contribution >= 4 is 12.0 Å². The van der Waals surface area contributed by atoms with Gasteiger partial charge >= 0.3 is 5.97 Å². The predicted molar refractivity (Wildman–Crippen MR) is 72.2 cm³/mol. The zero-order chi connectivity index (χ0) is 13.2. The molecule has 3 rings (SSSR count). The summed E-state index contributed by atoms with van der Waals surface area (Å²) in [6.07, 6.45) is 7.11. The molecule has 1 fully saturated rings. The lowest BCUT2D eigenvalue weighted by Crippen LogP contribution is -1.98. The van der Waals surface area contributed by atoms with E-state index in [4.69, 9.17) is 5.11 Å². The minimum atomic E-state index is -0.950. The molecular weight excluding hydrogens is 240 g/mol. The van der Waals surface area contributed by atoms with Gasteiger partial charge in [-0.1, -0.05) is 18.2 Å². The van der Waals surface area contributed by atoms with Crippen molar-refractivity contribution in [2.45, 2.75) is 18.8 Å². The Kier molecular flexibility index (Phi) is 2.91. The van der Waals surface area contributed by atoms with E-state index in [2.05, 4.69) is 5.10 Å². The summed E-state index contributed by atoms with van der Waals surface area (Å²) >= 11 is 0. The van der Waals surface area contributed by atoms with Gasteiger partial charge in [0.1, 0.15) is 0 Å². The van der Waals surface area contributed by atoms with E-state index in [1.54, 1.807) is 6.08 Å². The maximum absolute atomic E-state index is 10.6. The van der Waals surface area contributed by atoms with Gasteiger partial charge in [0, 0.05) is 23.8 Å². The second kappa shape index (κ2) is 4.72. The number of aliphatic carboxylic acids is 1. The van der Waals surface area contributed by atoms with Crippen LogP contribution < -0.4 is 0 Å². The summed E-state index contributed by atoms with van der Waals surface area (Å²) in [4.78, 5) is 10.6. The fraction of sp³-hybridized carbons (Fsp3) is 0.200. The van der Waals surface area contributed by atoms with Gasteiger partial charge in [0.25, 0.3) is 0 Å². The van der Waals surface area contributed by atoms with Crippen molar-refractivity contribution in [1.29, 1.82) is 0 Å². The maximum atomic E-state index is 10.6. The van der Waals surface area contributed by atoms with Crippen LogP contribution in [0.1, 0.15) is 30.0 Å². The van der Waals surface area contributed by atoms with Gasteiger partial charge in [-0.05, 0) is 31.1 Å². The Morgan fingerprint density at radius 1 is 1.32 bits per heavy atom. The minimum absolute atomic E-state index is 0.614. The van der Waals surface area contributed by atoms with E-state index in [1.807, 2.05) is 41.2 Å². The van der Waals surface area contributed by atoms with E-state index < -0.39 is 5.97 Å². The molecule has 1 N–H and O–H groups in total. The van der Waals surface area contributed by atoms with E-state index in [-0.39, 0.29) is 0 Å². The number of carboxylic acids is 1. The van der Waals surface area contributed by atoms with Gasteiger partial charge in [-0.15, -0.1) is 0 Å². The first-order valence-corrected chi connectivity index (χ1v) is 6.30. The molecule has 1 aromatic heterocycles. The molecule has 1 saturated carbocycles. The molecule has 2 aromatic rings. The Bertz CT molecular complexity index is 639. The number of benzene rings is 1. The molecule has 0 bridgehead atoms. The van der Waals surface area contributed by atoms with Crippen LogP contribution in [0.15, 0.2) is 42.6 Å². The maximum Gasteiger partial charge on any atom is 0.328 e. The molecule has 1 aliphatic carbocycles. The molecule has 1 aliphatic rings. The normalized spacial score (nSPS) is 14.9. The van der Waals surface area contributed by atoms with Crippen LogP contribution in [0.4, 0.5) is 0 Å². The Morgan fingerprint density at radius 2 is 2.11 bits per heavy atom. The number of carbonyl (C=O) groups is 1. The van der Waals surface area contributed by atoms with Crippen LogP contribution in [0.2, 0.25) is 0 Å². The molecule has 4 nitrogen and oxygen atoms in total. The molecule has 0 atom stereocenters. The van der Waals surface area contributed by atoms with Crippen LogP contribution in [0, 0.1) is 0 Å². The highest BCUT2D eigenvalue weighted by Gasteiger charge is 2.25. The molecule has 96 valence electrons. The lowest BCUT2D eigenvalue weighted by atomic mass is 10.1. The van der Waals surface area contributed by atoms with Crippen LogP contribution in [0.5, 0.6) is 0 Å². The number of aromatic nitrogens is 2. The van der Waals surface area contributed by atoms with Gasteiger partial charge < -0.3 is 5.11 Å². The summed E-state index contributed by atoms with van der Waals surface area (Å²) < 4.78 is 1.81. The summed E-state index contributed by atoms with van der Waals surface area (Å²) in [5.74, 6) is -0.336.